The first-order valence-corrected chi connectivity index (χ1v) is 9.93. The third-order valence-electron chi connectivity index (χ3n) is 6.01. The topological polar surface area (TPSA) is 66.8 Å². The molecule has 26 heavy (non-hydrogen) atoms. The van der Waals surface area contributed by atoms with Crippen LogP contribution in [0.4, 0.5) is 0 Å². The van der Waals surface area contributed by atoms with Crippen LogP contribution in [0.1, 0.15) is 73.1 Å². The second-order valence-corrected chi connectivity index (χ2v) is 9.38. The van der Waals surface area contributed by atoms with Gasteiger partial charge in [-0.25, -0.2) is 0 Å². The quantitative estimate of drug-likeness (QED) is 0.754. The molecule has 1 aliphatic heterocycles. The van der Waals surface area contributed by atoms with E-state index in [1.807, 2.05) is 20.8 Å². The van der Waals surface area contributed by atoms with Gasteiger partial charge in [-0.2, -0.15) is 0 Å². The standard InChI is InChI=1S/C16H27NO3.C5H12O/c1-13(2)14(9-18)17-8-4-7-16(17)6-3-5-15(10-16,11-19)12-20;1-5(2,3)6-4/h9,11,13-14,20H,3-8,10,12H2,1-2H3;1-4H3. The lowest BCUT2D eigenvalue weighted by molar-refractivity contribution is -0.127. The highest BCUT2D eigenvalue weighted by molar-refractivity contribution is 5.61. The predicted molar refractivity (Wildman–Crippen MR) is 104 cm³/mol. The van der Waals surface area contributed by atoms with Crippen LogP contribution >= 0.6 is 0 Å². The summed E-state index contributed by atoms with van der Waals surface area (Å²) in [7, 11) is 1.71. The van der Waals surface area contributed by atoms with Gasteiger partial charge in [-0.15, -0.1) is 0 Å². The highest BCUT2D eigenvalue weighted by Crippen LogP contribution is 2.49. The molecule has 0 aromatic rings. The first-order chi connectivity index (χ1) is 12.1. The number of aliphatic hydroxyl groups is 1. The minimum Gasteiger partial charge on any atom is -0.395 e. The Kier molecular flexibility index (Phi) is 8.43. The molecule has 5 nitrogen and oxygen atoms in total. The van der Waals surface area contributed by atoms with E-state index in [4.69, 9.17) is 4.74 Å². The summed E-state index contributed by atoms with van der Waals surface area (Å²) < 4.78 is 4.94. The third-order valence-corrected chi connectivity index (χ3v) is 6.01. The van der Waals surface area contributed by atoms with E-state index in [0.29, 0.717) is 6.42 Å². The Labute approximate surface area is 159 Å². The molecule has 3 unspecified atom stereocenters. The number of rotatable bonds is 5. The number of carbonyl (C=O) groups is 2. The maximum atomic E-state index is 11.5. The minimum absolute atomic E-state index is 0.0417. The Morgan fingerprint density at radius 2 is 1.73 bits per heavy atom. The number of hydrogen-bond donors (Lipinski definition) is 1. The molecular weight excluding hydrogens is 330 g/mol. The molecule has 2 aliphatic rings. The van der Waals surface area contributed by atoms with Crippen LogP contribution in [-0.4, -0.2) is 60.0 Å². The Bertz CT molecular complexity index is 459. The van der Waals surface area contributed by atoms with Crippen LogP contribution in [0.3, 0.4) is 0 Å². The molecule has 0 amide bonds. The summed E-state index contributed by atoms with van der Waals surface area (Å²) in [4.78, 5) is 25.3. The van der Waals surface area contributed by atoms with Crippen LogP contribution in [0.5, 0.6) is 0 Å². The van der Waals surface area contributed by atoms with Crippen LogP contribution in [-0.2, 0) is 14.3 Å². The molecule has 2 fully saturated rings. The largest absolute Gasteiger partial charge is 0.395 e. The molecule has 0 radical (unpaired) electrons. The van der Waals surface area contributed by atoms with E-state index >= 15 is 0 Å². The molecule has 2 rings (SSSR count). The van der Waals surface area contributed by atoms with Crippen molar-refractivity contribution in [3.05, 3.63) is 0 Å². The zero-order valence-electron chi connectivity index (χ0n) is 17.6. The number of likely N-dealkylation sites (tertiary alicyclic amines) is 1. The first kappa shape index (κ1) is 23.3. The van der Waals surface area contributed by atoms with Gasteiger partial charge in [0.05, 0.1) is 23.7 Å². The highest BCUT2D eigenvalue weighted by Gasteiger charge is 2.51. The van der Waals surface area contributed by atoms with Gasteiger partial charge in [-0.05, 0) is 65.3 Å². The van der Waals surface area contributed by atoms with E-state index in [9.17, 15) is 14.7 Å². The van der Waals surface area contributed by atoms with Crippen molar-refractivity contribution in [1.29, 1.82) is 0 Å². The van der Waals surface area contributed by atoms with Crippen molar-refractivity contribution in [1.82, 2.24) is 4.90 Å². The SMILES string of the molecule is CC(C)C(C=O)N1CCCC12CCCC(C=O)(CO)C2.COC(C)(C)C. The van der Waals surface area contributed by atoms with Crippen molar-refractivity contribution in [3.8, 4) is 0 Å². The van der Waals surface area contributed by atoms with Crippen LogP contribution in [0.25, 0.3) is 0 Å². The summed E-state index contributed by atoms with van der Waals surface area (Å²) in [6.45, 7) is 11.1. The van der Waals surface area contributed by atoms with Gasteiger partial charge in [0.2, 0.25) is 0 Å². The van der Waals surface area contributed by atoms with Gasteiger partial charge in [0, 0.05) is 12.6 Å². The molecular formula is C21H39NO4. The van der Waals surface area contributed by atoms with Gasteiger partial charge >= 0.3 is 0 Å². The molecule has 1 heterocycles. The lowest BCUT2D eigenvalue weighted by atomic mass is 9.65. The van der Waals surface area contributed by atoms with Crippen LogP contribution in [0, 0.1) is 11.3 Å². The number of aldehydes is 2. The molecule has 1 spiro atoms. The molecule has 1 N–H and O–H groups in total. The number of carbonyl (C=O) groups excluding carboxylic acids is 2. The summed E-state index contributed by atoms with van der Waals surface area (Å²) in [6.07, 6.45) is 7.62. The van der Waals surface area contributed by atoms with Crippen molar-refractivity contribution in [3.63, 3.8) is 0 Å². The monoisotopic (exact) mass is 369 g/mol. The highest BCUT2D eigenvalue weighted by atomic mass is 16.5. The Balaban J connectivity index is 0.000000487. The summed E-state index contributed by atoms with van der Waals surface area (Å²) in [5, 5.41) is 9.66. The average molecular weight is 370 g/mol. The predicted octanol–water partition coefficient (Wildman–Crippen LogP) is 3.23. The zero-order chi connectivity index (χ0) is 20.0. The lowest BCUT2D eigenvalue weighted by Gasteiger charge is -2.50. The van der Waals surface area contributed by atoms with Crippen molar-refractivity contribution >= 4 is 12.6 Å². The summed E-state index contributed by atoms with van der Waals surface area (Å²) in [5.41, 5.74) is -0.608. The Hall–Kier alpha value is -0.780. The average Bonchev–Trinajstić information content (AvgIpc) is 2.97. The fourth-order valence-electron chi connectivity index (χ4n) is 4.35. The van der Waals surface area contributed by atoms with Crippen molar-refractivity contribution in [2.45, 2.75) is 90.3 Å². The van der Waals surface area contributed by atoms with Gasteiger partial charge < -0.3 is 19.4 Å². The fraction of sp³-hybridized carbons (Fsp3) is 0.905. The molecule has 5 heteroatoms. The van der Waals surface area contributed by atoms with Gasteiger partial charge in [0.1, 0.15) is 12.6 Å². The van der Waals surface area contributed by atoms with Crippen molar-refractivity contribution < 1.29 is 19.4 Å². The van der Waals surface area contributed by atoms with Crippen molar-refractivity contribution in [2.75, 3.05) is 20.3 Å². The number of hydrogen-bond acceptors (Lipinski definition) is 5. The zero-order valence-corrected chi connectivity index (χ0v) is 17.6. The van der Waals surface area contributed by atoms with E-state index in [2.05, 4.69) is 18.7 Å². The second kappa shape index (κ2) is 9.43. The molecule has 0 bridgehead atoms. The fourth-order valence-corrected chi connectivity index (χ4v) is 4.35. The molecule has 152 valence electrons. The third kappa shape index (κ3) is 5.61. The second-order valence-electron chi connectivity index (χ2n) is 9.38. The van der Waals surface area contributed by atoms with Crippen molar-refractivity contribution in [2.24, 2.45) is 11.3 Å². The lowest BCUT2D eigenvalue weighted by Crippen LogP contribution is -2.56. The van der Waals surface area contributed by atoms with E-state index in [0.717, 1.165) is 51.2 Å². The van der Waals surface area contributed by atoms with E-state index in [1.54, 1.807) is 7.11 Å². The van der Waals surface area contributed by atoms with Gasteiger partial charge in [0.15, 0.2) is 0 Å². The first-order valence-electron chi connectivity index (χ1n) is 9.93. The normalized spacial score (nSPS) is 30.8. The summed E-state index contributed by atoms with van der Waals surface area (Å²) >= 11 is 0. The number of ether oxygens (including phenoxy) is 1. The summed E-state index contributed by atoms with van der Waals surface area (Å²) in [5.74, 6) is 0.282. The van der Waals surface area contributed by atoms with Gasteiger partial charge in [-0.1, -0.05) is 20.3 Å². The maximum absolute atomic E-state index is 11.5. The molecule has 1 saturated heterocycles. The van der Waals surface area contributed by atoms with Gasteiger partial charge in [0.25, 0.3) is 0 Å². The van der Waals surface area contributed by atoms with E-state index < -0.39 is 5.41 Å². The summed E-state index contributed by atoms with van der Waals surface area (Å²) in [6, 6.07) is -0.0707. The maximum Gasteiger partial charge on any atom is 0.137 e. The molecule has 0 aromatic carbocycles. The molecule has 1 saturated carbocycles. The molecule has 3 atom stereocenters. The Morgan fingerprint density at radius 1 is 1.15 bits per heavy atom. The number of nitrogens with zero attached hydrogens (tertiary/aromatic N) is 1. The Morgan fingerprint density at radius 3 is 2.15 bits per heavy atom. The molecule has 0 aromatic heterocycles. The molecule has 1 aliphatic carbocycles. The van der Waals surface area contributed by atoms with E-state index in [-0.39, 0.29) is 29.7 Å². The van der Waals surface area contributed by atoms with Crippen LogP contribution in [0.15, 0.2) is 0 Å². The van der Waals surface area contributed by atoms with Gasteiger partial charge in [-0.3, -0.25) is 4.90 Å². The minimum atomic E-state index is -0.592. The van der Waals surface area contributed by atoms with E-state index in [1.165, 1.54) is 0 Å². The number of aliphatic hydroxyl groups excluding tert-OH is 1. The van der Waals surface area contributed by atoms with Crippen LogP contribution in [0.2, 0.25) is 0 Å². The number of methoxy groups -OCH3 is 1. The smallest absolute Gasteiger partial charge is 0.137 e. The van der Waals surface area contributed by atoms with Crippen LogP contribution < -0.4 is 0 Å².